The van der Waals surface area contributed by atoms with Crippen molar-refractivity contribution in [3.8, 4) is 0 Å². The SMILES string of the molecule is CCc1noc([C@H](c2nc3c(F)c(N=S(C)(C)=O)ccc3[nH]2)C2CCC(C)CC2)c1C(N)=O. The van der Waals surface area contributed by atoms with E-state index in [0.29, 0.717) is 35.1 Å². The van der Waals surface area contributed by atoms with E-state index < -0.39 is 27.4 Å². The second-order valence-corrected chi connectivity index (χ2v) is 11.8. The Balaban J connectivity index is 1.88. The topological polar surface area (TPSA) is 127 Å². The predicted octanol–water partition coefficient (Wildman–Crippen LogP) is 4.67. The highest BCUT2D eigenvalue weighted by Gasteiger charge is 2.37. The normalized spacial score (nSPS) is 20.2. The van der Waals surface area contributed by atoms with Crippen LogP contribution in [0.2, 0.25) is 0 Å². The number of nitrogens with two attached hydrogens (primary N) is 1. The number of primary amides is 1. The van der Waals surface area contributed by atoms with Crippen LogP contribution in [0.4, 0.5) is 10.1 Å². The molecule has 0 radical (unpaired) electrons. The fourth-order valence-corrected chi connectivity index (χ4v) is 5.36. The second-order valence-electron chi connectivity index (χ2n) is 9.27. The molecule has 178 valence electrons. The molecule has 0 bridgehead atoms. The Bertz CT molecular complexity index is 1310. The van der Waals surface area contributed by atoms with Crippen molar-refractivity contribution in [2.75, 3.05) is 12.5 Å². The van der Waals surface area contributed by atoms with E-state index in [1.54, 1.807) is 6.07 Å². The van der Waals surface area contributed by atoms with Crippen LogP contribution < -0.4 is 5.73 Å². The van der Waals surface area contributed by atoms with Gasteiger partial charge < -0.3 is 15.2 Å². The monoisotopic (exact) mass is 475 g/mol. The minimum absolute atomic E-state index is 0.00403. The summed E-state index contributed by atoms with van der Waals surface area (Å²) in [6.07, 6.45) is 7.32. The van der Waals surface area contributed by atoms with E-state index in [9.17, 15) is 9.00 Å². The van der Waals surface area contributed by atoms with Gasteiger partial charge in [0.1, 0.15) is 22.6 Å². The van der Waals surface area contributed by atoms with E-state index in [1.807, 2.05) is 6.92 Å². The van der Waals surface area contributed by atoms with E-state index in [0.717, 1.165) is 25.7 Å². The second kappa shape index (κ2) is 8.89. The fourth-order valence-electron chi connectivity index (χ4n) is 4.74. The Morgan fingerprint density at radius 3 is 2.64 bits per heavy atom. The van der Waals surface area contributed by atoms with Gasteiger partial charge in [-0.25, -0.2) is 13.6 Å². The molecule has 1 amide bonds. The van der Waals surface area contributed by atoms with Gasteiger partial charge in [0.05, 0.1) is 17.1 Å². The number of nitrogens with zero attached hydrogens (tertiary/aromatic N) is 3. The number of nitrogens with one attached hydrogen (secondary N) is 1. The number of hydrogen-bond acceptors (Lipinski definition) is 6. The van der Waals surface area contributed by atoms with Gasteiger partial charge in [0, 0.05) is 22.2 Å². The number of carbonyl (C=O) groups is 1. The molecule has 0 spiro atoms. The molecule has 1 saturated carbocycles. The van der Waals surface area contributed by atoms with Crippen LogP contribution in [0.5, 0.6) is 0 Å². The largest absolute Gasteiger partial charge is 0.365 e. The van der Waals surface area contributed by atoms with Gasteiger partial charge >= 0.3 is 0 Å². The van der Waals surface area contributed by atoms with Crippen molar-refractivity contribution in [3.05, 3.63) is 40.8 Å². The molecular weight excluding hydrogens is 445 g/mol. The van der Waals surface area contributed by atoms with Crippen molar-refractivity contribution in [1.82, 2.24) is 15.1 Å². The van der Waals surface area contributed by atoms with Crippen LogP contribution >= 0.6 is 0 Å². The van der Waals surface area contributed by atoms with Gasteiger partial charge in [-0.05, 0) is 43.2 Å². The zero-order valence-electron chi connectivity index (χ0n) is 19.4. The Hall–Kier alpha value is -2.75. The number of carbonyl (C=O) groups excluding carboxylic acids is 1. The average molecular weight is 476 g/mol. The predicted molar refractivity (Wildman–Crippen MR) is 125 cm³/mol. The standard InChI is InChI=1S/C23H30FN5O3S/c1-5-14-18(22(25)30)21(32-28-14)17(13-8-6-12(2)7-9-13)23-26-16-11-10-15(29-33(3,4)31)19(24)20(16)27-23/h10-13,17H,5-9H2,1-4H3,(H2,25,30)(H,26,27)/t12?,13?,17-/m1/s1. The third-order valence-electron chi connectivity index (χ3n) is 6.39. The quantitative estimate of drug-likeness (QED) is 0.536. The molecular formula is C23H30FN5O3S. The summed E-state index contributed by atoms with van der Waals surface area (Å²) >= 11 is 0. The summed E-state index contributed by atoms with van der Waals surface area (Å²) in [7, 11) is -2.54. The van der Waals surface area contributed by atoms with Crippen LogP contribution in [0.3, 0.4) is 0 Å². The molecule has 33 heavy (non-hydrogen) atoms. The summed E-state index contributed by atoms with van der Waals surface area (Å²) in [5.41, 5.74) is 7.11. The average Bonchev–Trinajstić information content (AvgIpc) is 3.36. The lowest BCUT2D eigenvalue weighted by molar-refractivity contribution is 0.0996. The molecule has 1 aliphatic rings. The third kappa shape index (κ3) is 4.66. The van der Waals surface area contributed by atoms with Crippen LogP contribution in [-0.4, -0.2) is 37.8 Å². The van der Waals surface area contributed by atoms with Crippen LogP contribution in [0.25, 0.3) is 11.0 Å². The highest BCUT2D eigenvalue weighted by molar-refractivity contribution is 7.92. The Kier molecular flexibility index (Phi) is 6.30. The van der Waals surface area contributed by atoms with Crippen LogP contribution in [0.1, 0.15) is 73.1 Å². The number of aromatic nitrogens is 3. The maximum absolute atomic E-state index is 15.2. The highest BCUT2D eigenvalue weighted by Crippen LogP contribution is 2.43. The van der Waals surface area contributed by atoms with Gasteiger partial charge in [-0.1, -0.05) is 31.8 Å². The van der Waals surface area contributed by atoms with Crippen molar-refractivity contribution in [2.45, 2.75) is 51.9 Å². The number of hydrogen-bond donors (Lipinski definition) is 2. The summed E-state index contributed by atoms with van der Waals surface area (Å²) in [5, 5.41) is 4.10. The Labute approximate surface area is 192 Å². The van der Waals surface area contributed by atoms with E-state index >= 15 is 4.39 Å². The molecule has 0 aliphatic heterocycles. The van der Waals surface area contributed by atoms with Crippen molar-refractivity contribution < 1.29 is 17.9 Å². The van der Waals surface area contributed by atoms with Crippen molar-refractivity contribution in [2.24, 2.45) is 21.9 Å². The zero-order chi connectivity index (χ0) is 23.9. The summed E-state index contributed by atoms with van der Waals surface area (Å²) in [6.45, 7) is 4.11. The Morgan fingerprint density at radius 2 is 2.03 bits per heavy atom. The lowest BCUT2D eigenvalue weighted by atomic mass is 9.74. The molecule has 0 unspecified atom stereocenters. The number of amides is 1. The summed E-state index contributed by atoms with van der Waals surface area (Å²) in [5.74, 6) is -0.0141. The number of imidazole rings is 1. The fraction of sp³-hybridized carbons (Fsp3) is 0.522. The number of aryl methyl sites for hydroxylation is 1. The van der Waals surface area contributed by atoms with Gasteiger partial charge in [-0.2, -0.15) is 4.36 Å². The third-order valence-corrected chi connectivity index (χ3v) is 7.02. The lowest BCUT2D eigenvalue weighted by Gasteiger charge is -2.30. The minimum atomic E-state index is -2.54. The van der Waals surface area contributed by atoms with Crippen LogP contribution in [0.15, 0.2) is 21.0 Å². The van der Waals surface area contributed by atoms with Crippen molar-refractivity contribution in [3.63, 3.8) is 0 Å². The molecule has 10 heteroatoms. The van der Waals surface area contributed by atoms with Gasteiger partial charge in [0.15, 0.2) is 11.6 Å². The molecule has 3 N–H and O–H groups in total. The maximum Gasteiger partial charge on any atom is 0.254 e. The van der Waals surface area contributed by atoms with Crippen molar-refractivity contribution in [1.29, 1.82) is 0 Å². The number of H-pyrrole nitrogens is 1. The molecule has 4 rings (SSSR count). The summed E-state index contributed by atoms with van der Waals surface area (Å²) in [4.78, 5) is 20.1. The molecule has 1 fully saturated rings. The summed E-state index contributed by atoms with van der Waals surface area (Å²) < 4.78 is 37.0. The molecule has 2 aromatic heterocycles. The van der Waals surface area contributed by atoms with E-state index in [-0.39, 0.29) is 22.7 Å². The van der Waals surface area contributed by atoms with Crippen LogP contribution in [-0.2, 0) is 16.1 Å². The van der Waals surface area contributed by atoms with Gasteiger partial charge in [0.2, 0.25) is 0 Å². The van der Waals surface area contributed by atoms with E-state index in [2.05, 4.69) is 26.4 Å². The zero-order valence-corrected chi connectivity index (χ0v) is 20.2. The number of fused-ring (bicyclic) bond motifs is 1. The first-order chi connectivity index (χ1) is 15.6. The maximum atomic E-state index is 15.2. The smallest absolute Gasteiger partial charge is 0.254 e. The van der Waals surface area contributed by atoms with Crippen LogP contribution in [0, 0.1) is 17.7 Å². The first kappa shape index (κ1) is 23.4. The number of rotatable bonds is 6. The molecule has 0 saturated heterocycles. The van der Waals surface area contributed by atoms with Gasteiger partial charge in [0.25, 0.3) is 5.91 Å². The van der Waals surface area contributed by atoms with Gasteiger partial charge in [-0.3, -0.25) is 4.79 Å². The number of benzene rings is 1. The molecule has 3 aromatic rings. The minimum Gasteiger partial charge on any atom is -0.365 e. The molecule has 2 heterocycles. The lowest BCUT2D eigenvalue weighted by Crippen LogP contribution is -2.24. The molecule has 1 aromatic carbocycles. The van der Waals surface area contributed by atoms with E-state index in [4.69, 9.17) is 10.3 Å². The van der Waals surface area contributed by atoms with Gasteiger partial charge in [-0.15, -0.1) is 0 Å². The number of aromatic amines is 1. The molecule has 1 aliphatic carbocycles. The summed E-state index contributed by atoms with van der Waals surface area (Å²) in [6, 6.07) is 3.16. The molecule has 1 atom stereocenters. The first-order valence-electron chi connectivity index (χ1n) is 11.2. The van der Waals surface area contributed by atoms with Crippen molar-refractivity contribution >= 4 is 32.4 Å². The van der Waals surface area contributed by atoms with E-state index in [1.165, 1.54) is 18.6 Å². The first-order valence-corrected chi connectivity index (χ1v) is 13.6. The highest BCUT2D eigenvalue weighted by atomic mass is 32.2. The Morgan fingerprint density at radius 1 is 1.33 bits per heavy atom. The molecule has 8 nitrogen and oxygen atoms in total. The number of halogens is 1.